The van der Waals surface area contributed by atoms with Gasteiger partial charge in [0.15, 0.2) is 0 Å². The van der Waals surface area contributed by atoms with Crippen molar-refractivity contribution in [1.82, 2.24) is 0 Å². The molecule has 0 amide bonds. The molecule has 0 unspecified atom stereocenters. The maximum absolute atomic E-state index is 7.21. The second kappa shape index (κ2) is 3.96. The third-order valence-corrected chi connectivity index (χ3v) is 3.18. The van der Waals surface area contributed by atoms with Gasteiger partial charge >= 0.3 is 0 Å². The van der Waals surface area contributed by atoms with Gasteiger partial charge in [-0.15, -0.1) is 11.8 Å². The highest BCUT2D eigenvalue weighted by molar-refractivity contribution is 9.10. The summed E-state index contributed by atoms with van der Waals surface area (Å²) in [5.41, 5.74) is 6.08. The molecule has 1 aromatic carbocycles. The molecule has 0 atom stereocenters. The highest BCUT2D eigenvalue weighted by Crippen LogP contribution is 2.26. The fourth-order valence-corrected chi connectivity index (χ4v) is 2.16. The van der Waals surface area contributed by atoms with Crippen LogP contribution in [0.5, 0.6) is 0 Å². The quantitative estimate of drug-likeness (QED) is 0.477. The Morgan fingerprint density at radius 2 is 2.25 bits per heavy atom. The van der Waals surface area contributed by atoms with Crippen LogP contribution >= 0.6 is 27.7 Å². The fourth-order valence-electron chi connectivity index (χ4n) is 0.834. The fraction of sp³-hybridized carbons (Fsp3) is 0.125. The molecular formula is C8H9BrN2S. The molecule has 12 heavy (non-hydrogen) atoms. The van der Waals surface area contributed by atoms with E-state index in [2.05, 4.69) is 15.9 Å². The van der Waals surface area contributed by atoms with E-state index >= 15 is 0 Å². The molecule has 0 heterocycles. The number of hydrogen-bond acceptors (Lipinski definition) is 2. The lowest BCUT2D eigenvalue weighted by molar-refractivity contribution is 1.36. The zero-order chi connectivity index (χ0) is 9.14. The maximum Gasteiger partial charge on any atom is 0.122 e. The Hall–Kier alpha value is -0.480. The van der Waals surface area contributed by atoms with Crippen molar-refractivity contribution in [2.45, 2.75) is 4.90 Å². The van der Waals surface area contributed by atoms with Gasteiger partial charge in [0, 0.05) is 14.9 Å². The molecule has 0 aromatic heterocycles. The van der Waals surface area contributed by atoms with Crippen LogP contribution in [0, 0.1) is 5.41 Å². The average molecular weight is 245 g/mol. The summed E-state index contributed by atoms with van der Waals surface area (Å²) < 4.78 is 0.989. The summed E-state index contributed by atoms with van der Waals surface area (Å²) in [5.74, 6) is 0.100. The third-order valence-electron chi connectivity index (χ3n) is 1.46. The summed E-state index contributed by atoms with van der Waals surface area (Å²) >= 11 is 5.06. The van der Waals surface area contributed by atoms with Crippen molar-refractivity contribution in [1.29, 1.82) is 5.41 Å². The molecule has 0 aliphatic rings. The standard InChI is InChI=1S/C8H9BrN2S/c1-12-7-3-2-5(8(10)11)4-6(7)9/h2-4H,1H3,(H3,10,11). The van der Waals surface area contributed by atoms with E-state index in [1.54, 1.807) is 11.8 Å². The summed E-state index contributed by atoms with van der Waals surface area (Å²) in [4.78, 5) is 1.15. The van der Waals surface area contributed by atoms with Crippen LogP contribution in [-0.2, 0) is 0 Å². The minimum atomic E-state index is 0.100. The number of nitrogens with two attached hydrogens (primary N) is 1. The van der Waals surface area contributed by atoms with Gasteiger partial charge in [-0.05, 0) is 34.3 Å². The zero-order valence-electron chi connectivity index (χ0n) is 6.60. The molecule has 3 N–H and O–H groups in total. The van der Waals surface area contributed by atoms with Gasteiger partial charge < -0.3 is 5.73 Å². The van der Waals surface area contributed by atoms with Crippen LogP contribution in [0.4, 0.5) is 0 Å². The lowest BCUT2D eigenvalue weighted by Crippen LogP contribution is -2.10. The number of thioether (sulfide) groups is 1. The van der Waals surface area contributed by atoms with Crippen LogP contribution in [0.25, 0.3) is 0 Å². The average Bonchev–Trinajstić information content (AvgIpc) is 2.04. The first-order valence-corrected chi connectivity index (χ1v) is 5.35. The molecular weight excluding hydrogens is 236 g/mol. The molecule has 0 saturated heterocycles. The van der Waals surface area contributed by atoms with Crippen molar-refractivity contribution in [3.8, 4) is 0 Å². The van der Waals surface area contributed by atoms with Crippen molar-refractivity contribution in [2.24, 2.45) is 5.73 Å². The normalized spacial score (nSPS) is 9.83. The predicted octanol–water partition coefficient (Wildman–Crippen LogP) is 2.46. The number of amidine groups is 1. The van der Waals surface area contributed by atoms with Crippen molar-refractivity contribution in [3.63, 3.8) is 0 Å². The first-order valence-electron chi connectivity index (χ1n) is 3.33. The van der Waals surface area contributed by atoms with E-state index in [1.165, 1.54) is 0 Å². The summed E-state index contributed by atoms with van der Waals surface area (Å²) in [7, 11) is 0. The van der Waals surface area contributed by atoms with Gasteiger partial charge in [-0.3, -0.25) is 5.41 Å². The molecule has 1 rings (SSSR count). The molecule has 2 nitrogen and oxygen atoms in total. The van der Waals surface area contributed by atoms with Crippen LogP contribution in [0.2, 0.25) is 0 Å². The van der Waals surface area contributed by atoms with Crippen molar-refractivity contribution in [2.75, 3.05) is 6.26 Å². The van der Waals surface area contributed by atoms with E-state index < -0.39 is 0 Å². The predicted molar refractivity (Wildman–Crippen MR) is 56.9 cm³/mol. The van der Waals surface area contributed by atoms with Gasteiger partial charge in [-0.2, -0.15) is 0 Å². The summed E-state index contributed by atoms with van der Waals surface area (Å²) in [6.45, 7) is 0. The lowest BCUT2D eigenvalue weighted by Gasteiger charge is -2.02. The number of nitrogens with one attached hydrogen (secondary N) is 1. The Balaban J connectivity index is 3.10. The Bertz CT molecular complexity index is 312. The van der Waals surface area contributed by atoms with Crippen molar-refractivity contribution >= 4 is 33.5 Å². The number of halogens is 1. The smallest absolute Gasteiger partial charge is 0.122 e. The van der Waals surface area contributed by atoms with Gasteiger partial charge in [0.25, 0.3) is 0 Å². The molecule has 64 valence electrons. The molecule has 1 aromatic rings. The van der Waals surface area contributed by atoms with E-state index in [9.17, 15) is 0 Å². The monoisotopic (exact) mass is 244 g/mol. The van der Waals surface area contributed by atoms with Gasteiger partial charge in [0.05, 0.1) is 0 Å². The summed E-state index contributed by atoms with van der Waals surface area (Å²) in [5, 5.41) is 7.21. The van der Waals surface area contributed by atoms with Gasteiger partial charge in [-0.25, -0.2) is 0 Å². The van der Waals surface area contributed by atoms with E-state index in [-0.39, 0.29) is 5.84 Å². The minimum absolute atomic E-state index is 0.100. The highest BCUT2D eigenvalue weighted by Gasteiger charge is 2.01. The Morgan fingerprint density at radius 1 is 1.58 bits per heavy atom. The number of hydrogen-bond donors (Lipinski definition) is 2. The molecule has 0 spiro atoms. The number of rotatable bonds is 2. The topological polar surface area (TPSA) is 49.9 Å². The molecule has 0 radical (unpaired) electrons. The first kappa shape index (κ1) is 9.61. The number of benzene rings is 1. The Labute approximate surface area is 84.2 Å². The van der Waals surface area contributed by atoms with Crippen LogP contribution in [-0.4, -0.2) is 12.1 Å². The SMILES string of the molecule is CSc1ccc(C(=N)N)cc1Br. The maximum atomic E-state index is 7.21. The third kappa shape index (κ3) is 2.01. The van der Waals surface area contributed by atoms with E-state index in [0.29, 0.717) is 0 Å². The second-order valence-electron chi connectivity index (χ2n) is 2.26. The molecule has 0 aliphatic heterocycles. The molecule has 0 fully saturated rings. The Kier molecular flexibility index (Phi) is 3.17. The number of nitrogen functional groups attached to an aromatic ring is 1. The van der Waals surface area contributed by atoms with E-state index in [4.69, 9.17) is 11.1 Å². The van der Waals surface area contributed by atoms with Gasteiger partial charge in [-0.1, -0.05) is 6.07 Å². The molecule has 4 heteroatoms. The van der Waals surface area contributed by atoms with Gasteiger partial charge in [0.1, 0.15) is 5.84 Å². The Morgan fingerprint density at radius 3 is 2.67 bits per heavy atom. The van der Waals surface area contributed by atoms with Crippen molar-refractivity contribution in [3.05, 3.63) is 28.2 Å². The van der Waals surface area contributed by atoms with E-state index in [1.807, 2.05) is 24.5 Å². The second-order valence-corrected chi connectivity index (χ2v) is 3.97. The highest BCUT2D eigenvalue weighted by atomic mass is 79.9. The van der Waals surface area contributed by atoms with E-state index in [0.717, 1.165) is 14.9 Å². The summed E-state index contributed by atoms with van der Waals surface area (Å²) in [6, 6.07) is 5.65. The molecule has 0 saturated carbocycles. The van der Waals surface area contributed by atoms with Crippen molar-refractivity contribution < 1.29 is 0 Å². The first-order chi connectivity index (χ1) is 5.65. The van der Waals surface area contributed by atoms with Crippen LogP contribution in [0.1, 0.15) is 5.56 Å². The molecule has 0 aliphatic carbocycles. The molecule has 0 bridgehead atoms. The van der Waals surface area contributed by atoms with Gasteiger partial charge in [0.2, 0.25) is 0 Å². The van der Waals surface area contributed by atoms with Crippen LogP contribution in [0.3, 0.4) is 0 Å². The lowest BCUT2D eigenvalue weighted by atomic mass is 10.2. The minimum Gasteiger partial charge on any atom is -0.384 e. The zero-order valence-corrected chi connectivity index (χ0v) is 9.00. The van der Waals surface area contributed by atoms with Crippen LogP contribution in [0.15, 0.2) is 27.6 Å². The largest absolute Gasteiger partial charge is 0.384 e. The van der Waals surface area contributed by atoms with Crippen LogP contribution < -0.4 is 5.73 Å². The summed E-state index contributed by atoms with van der Waals surface area (Å²) in [6.07, 6.45) is 2.01.